The van der Waals surface area contributed by atoms with Crippen LogP contribution < -0.4 is 5.32 Å². The Morgan fingerprint density at radius 3 is 2.20 bits per heavy atom. The molecule has 0 unspecified atom stereocenters. The molecule has 4 heteroatoms. The number of carboxylic acid groups (broad SMARTS) is 1. The average molecular weight is 270 g/mol. The van der Waals surface area contributed by atoms with Crippen LogP contribution in [0.1, 0.15) is 32.7 Å². The molecule has 0 radical (unpaired) electrons. The lowest BCUT2D eigenvalue weighted by Crippen LogP contribution is -2.03. The highest BCUT2D eigenvalue weighted by atomic mass is 16.4. The molecule has 0 saturated carbocycles. The average Bonchev–Trinajstić information content (AvgIpc) is 2.33. The summed E-state index contributed by atoms with van der Waals surface area (Å²) in [6, 6.07) is 7.28. The van der Waals surface area contributed by atoms with Crippen LogP contribution in [-0.4, -0.2) is 16.1 Å². The van der Waals surface area contributed by atoms with Gasteiger partial charge in [0.1, 0.15) is 5.82 Å². The summed E-state index contributed by atoms with van der Waals surface area (Å²) >= 11 is 0. The van der Waals surface area contributed by atoms with Crippen molar-refractivity contribution >= 4 is 17.5 Å². The lowest BCUT2D eigenvalue weighted by atomic mass is 10.1. The zero-order valence-corrected chi connectivity index (χ0v) is 12.1. The van der Waals surface area contributed by atoms with Gasteiger partial charge in [-0.25, -0.2) is 9.78 Å². The number of nitrogens with one attached hydrogen (secondary N) is 1. The second kappa shape index (κ2) is 5.33. The standard InChI is InChI=1S/C16H18N2O2/c1-9-5-10(2)15(11(3)6-9)18-14-8-13(16(19)20)7-12(4)17-14/h5-8H,1-4H3,(H,17,18)(H,19,20). The molecular weight excluding hydrogens is 252 g/mol. The van der Waals surface area contributed by atoms with E-state index in [0.717, 1.165) is 16.8 Å². The first-order valence-electron chi connectivity index (χ1n) is 6.43. The number of carboxylic acids is 1. The van der Waals surface area contributed by atoms with Crippen molar-refractivity contribution in [3.63, 3.8) is 0 Å². The van der Waals surface area contributed by atoms with Gasteiger partial charge >= 0.3 is 5.97 Å². The SMILES string of the molecule is Cc1cc(C)c(Nc2cc(C(=O)O)cc(C)n2)c(C)c1. The molecule has 0 aliphatic rings. The van der Waals surface area contributed by atoms with Crippen LogP contribution in [0.4, 0.5) is 11.5 Å². The number of hydrogen-bond acceptors (Lipinski definition) is 3. The Bertz CT molecular complexity index is 655. The van der Waals surface area contributed by atoms with E-state index in [-0.39, 0.29) is 5.56 Å². The van der Waals surface area contributed by atoms with Gasteiger partial charge in [-0.2, -0.15) is 0 Å². The third-order valence-electron chi connectivity index (χ3n) is 3.13. The summed E-state index contributed by atoms with van der Waals surface area (Å²) in [7, 11) is 0. The predicted molar refractivity (Wildman–Crippen MR) is 79.9 cm³/mol. The quantitative estimate of drug-likeness (QED) is 0.891. The fourth-order valence-corrected chi connectivity index (χ4v) is 2.36. The van der Waals surface area contributed by atoms with Gasteiger partial charge in [0, 0.05) is 11.4 Å². The number of carbonyl (C=O) groups is 1. The molecule has 2 N–H and O–H groups in total. The lowest BCUT2D eigenvalue weighted by molar-refractivity contribution is 0.0696. The first-order valence-corrected chi connectivity index (χ1v) is 6.43. The number of aromatic nitrogens is 1. The largest absolute Gasteiger partial charge is 0.478 e. The van der Waals surface area contributed by atoms with Gasteiger partial charge in [-0.1, -0.05) is 17.7 Å². The molecule has 0 bridgehead atoms. The third kappa shape index (κ3) is 2.96. The van der Waals surface area contributed by atoms with E-state index < -0.39 is 5.97 Å². The molecule has 0 aliphatic heterocycles. The van der Waals surface area contributed by atoms with Gasteiger partial charge in [0.25, 0.3) is 0 Å². The topological polar surface area (TPSA) is 62.2 Å². The first-order chi connectivity index (χ1) is 9.36. The highest BCUT2D eigenvalue weighted by molar-refractivity contribution is 5.89. The summed E-state index contributed by atoms with van der Waals surface area (Å²) in [6.45, 7) is 7.89. The van der Waals surface area contributed by atoms with E-state index >= 15 is 0 Å². The number of rotatable bonds is 3. The number of aromatic carboxylic acids is 1. The monoisotopic (exact) mass is 270 g/mol. The van der Waals surface area contributed by atoms with Crippen LogP contribution in [0, 0.1) is 27.7 Å². The normalized spacial score (nSPS) is 10.4. The van der Waals surface area contributed by atoms with Crippen molar-refractivity contribution < 1.29 is 9.90 Å². The molecule has 104 valence electrons. The van der Waals surface area contributed by atoms with Crippen molar-refractivity contribution in [3.8, 4) is 0 Å². The molecule has 0 saturated heterocycles. The summed E-state index contributed by atoms with van der Waals surface area (Å²) in [5.41, 5.74) is 5.32. The minimum atomic E-state index is -0.948. The van der Waals surface area contributed by atoms with E-state index in [1.165, 1.54) is 5.56 Å². The van der Waals surface area contributed by atoms with Crippen LogP contribution in [-0.2, 0) is 0 Å². The minimum absolute atomic E-state index is 0.238. The fourth-order valence-electron chi connectivity index (χ4n) is 2.36. The second-order valence-corrected chi connectivity index (χ2v) is 5.09. The fraction of sp³-hybridized carbons (Fsp3) is 0.250. The molecule has 1 aromatic carbocycles. The Labute approximate surface area is 118 Å². The molecular formula is C16H18N2O2. The maximum absolute atomic E-state index is 11.1. The summed E-state index contributed by atoms with van der Waals surface area (Å²) in [4.78, 5) is 15.4. The number of aryl methyl sites for hydroxylation is 4. The van der Waals surface area contributed by atoms with Crippen LogP contribution in [0.3, 0.4) is 0 Å². The Hall–Kier alpha value is -2.36. The van der Waals surface area contributed by atoms with Gasteiger partial charge in [0.05, 0.1) is 5.56 Å². The molecule has 2 rings (SSSR count). The maximum Gasteiger partial charge on any atom is 0.335 e. The Kier molecular flexibility index (Phi) is 3.74. The summed E-state index contributed by atoms with van der Waals surface area (Å²) in [6.07, 6.45) is 0. The summed E-state index contributed by atoms with van der Waals surface area (Å²) in [5, 5.41) is 12.3. The van der Waals surface area contributed by atoms with E-state index in [4.69, 9.17) is 5.11 Å². The highest BCUT2D eigenvalue weighted by Crippen LogP contribution is 2.25. The number of anilines is 2. The van der Waals surface area contributed by atoms with Crippen LogP contribution in [0.25, 0.3) is 0 Å². The van der Waals surface area contributed by atoms with Crippen molar-refractivity contribution in [3.05, 3.63) is 52.2 Å². The van der Waals surface area contributed by atoms with E-state index in [9.17, 15) is 4.79 Å². The minimum Gasteiger partial charge on any atom is -0.478 e. The number of pyridine rings is 1. The lowest BCUT2D eigenvalue weighted by Gasteiger charge is -2.14. The van der Waals surface area contributed by atoms with E-state index in [2.05, 4.69) is 29.4 Å². The van der Waals surface area contributed by atoms with Gasteiger partial charge in [-0.15, -0.1) is 0 Å². The van der Waals surface area contributed by atoms with Crippen LogP contribution in [0.2, 0.25) is 0 Å². The maximum atomic E-state index is 11.1. The van der Waals surface area contributed by atoms with Gasteiger partial charge < -0.3 is 10.4 Å². The predicted octanol–water partition coefficient (Wildman–Crippen LogP) is 3.76. The van der Waals surface area contributed by atoms with Crippen molar-refractivity contribution in [1.82, 2.24) is 4.98 Å². The molecule has 2 aromatic rings. The zero-order chi connectivity index (χ0) is 14.9. The van der Waals surface area contributed by atoms with Crippen LogP contribution in [0.5, 0.6) is 0 Å². The van der Waals surface area contributed by atoms with Crippen molar-refractivity contribution in [1.29, 1.82) is 0 Å². The van der Waals surface area contributed by atoms with E-state index in [0.29, 0.717) is 11.5 Å². The summed E-state index contributed by atoms with van der Waals surface area (Å²) < 4.78 is 0. The smallest absolute Gasteiger partial charge is 0.335 e. The van der Waals surface area contributed by atoms with Crippen molar-refractivity contribution in [2.24, 2.45) is 0 Å². The third-order valence-corrected chi connectivity index (χ3v) is 3.13. The Balaban J connectivity index is 2.42. The van der Waals surface area contributed by atoms with Crippen LogP contribution in [0.15, 0.2) is 24.3 Å². The van der Waals surface area contributed by atoms with Gasteiger partial charge in [-0.3, -0.25) is 0 Å². The molecule has 0 fully saturated rings. The van der Waals surface area contributed by atoms with Gasteiger partial charge in [0.2, 0.25) is 0 Å². The second-order valence-electron chi connectivity index (χ2n) is 5.09. The number of nitrogens with zero attached hydrogens (tertiary/aromatic N) is 1. The molecule has 0 atom stereocenters. The van der Waals surface area contributed by atoms with Gasteiger partial charge in [-0.05, 0) is 51.0 Å². The molecule has 1 aromatic heterocycles. The van der Waals surface area contributed by atoms with Gasteiger partial charge in [0.15, 0.2) is 0 Å². The molecule has 4 nitrogen and oxygen atoms in total. The molecule has 20 heavy (non-hydrogen) atoms. The van der Waals surface area contributed by atoms with E-state index in [1.807, 2.05) is 13.8 Å². The molecule has 0 aliphatic carbocycles. The zero-order valence-electron chi connectivity index (χ0n) is 12.1. The Morgan fingerprint density at radius 1 is 1.05 bits per heavy atom. The van der Waals surface area contributed by atoms with Crippen molar-refractivity contribution in [2.75, 3.05) is 5.32 Å². The molecule has 1 heterocycles. The first kappa shape index (κ1) is 14.1. The highest BCUT2D eigenvalue weighted by Gasteiger charge is 2.09. The summed E-state index contributed by atoms with van der Waals surface area (Å²) in [5.74, 6) is -0.395. The van der Waals surface area contributed by atoms with Crippen LogP contribution >= 0.6 is 0 Å². The Morgan fingerprint density at radius 2 is 1.65 bits per heavy atom. The van der Waals surface area contributed by atoms with Crippen molar-refractivity contribution in [2.45, 2.75) is 27.7 Å². The number of hydrogen-bond donors (Lipinski definition) is 2. The van der Waals surface area contributed by atoms with E-state index in [1.54, 1.807) is 19.1 Å². The molecule has 0 amide bonds. The number of benzene rings is 1. The molecule has 0 spiro atoms.